The third-order valence-corrected chi connectivity index (χ3v) is 5.00. The lowest BCUT2D eigenvalue weighted by Crippen LogP contribution is -2.46. The molecule has 0 bridgehead atoms. The summed E-state index contributed by atoms with van der Waals surface area (Å²) in [5.74, 6) is 0.372. The summed E-state index contributed by atoms with van der Waals surface area (Å²) in [6.07, 6.45) is 6.16. The number of benzene rings is 1. The number of rotatable bonds is 7. The number of nitrogens with zero attached hydrogens (tertiary/aromatic N) is 1. The minimum absolute atomic E-state index is 0.165. The Balaban J connectivity index is 0.00000126. The molecule has 148 valence electrons. The van der Waals surface area contributed by atoms with E-state index in [1.54, 1.807) is 11.0 Å². The average Bonchev–Trinajstić information content (AvgIpc) is 3.32. The third-order valence-electron chi connectivity index (χ3n) is 5.00. The van der Waals surface area contributed by atoms with Crippen molar-refractivity contribution < 1.29 is 19.1 Å². The van der Waals surface area contributed by atoms with E-state index in [0.29, 0.717) is 18.5 Å². The van der Waals surface area contributed by atoms with E-state index in [2.05, 4.69) is 5.32 Å². The van der Waals surface area contributed by atoms with E-state index < -0.39 is 6.04 Å². The van der Waals surface area contributed by atoms with Crippen LogP contribution in [0.1, 0.15) is 68.3 Å². The number of carbonyl (C=O) groups is 3. The quantitative estimate of drug-likeness (QED) is 0.744. The first kappa shape index (κ1) is 20.9. The molecule has 1 aliphatic heterocycles. The molecule has 1 aliphatic carbocycles. The lowest BCUT2D eigenvalue weighted by Gasteiger charge is -2.25. The lowest BCUT2D eigenvalue weighted by atomic mass is 10.1. The maximum absolute atomic E-state index is 12.7. The first-order chi connectivity index (χ1) is 13.1. The maximum atomic E-state index is 12.7. The van der Waals surface area contributed by atoms with Gasteiger partial charge in [0, 0.05) is 25.6 Å². The Morgan fingerprint density at radius 3 is 2.67 bits per heavy atom. The van der Waals surface area contributed by atoms with Crippen molar-refractivity contribution in [1.82, 2.24) is 10.2 Å². The van der Waals surface area contributed by atoms with E-state index in [0.717, 1.165) is 30.4 Å². The molecule has 1 aromatic rings. The van der Waals surface area contributed by atoms with Crippen molar-refractivity contribution in [3.05, 3.63) is 29.3 Å². The molecule has 1 atom stereocenters. The summed E-state index contributed by atoms with van der Waals surface area (Å²) in [4.78, 5) is 37.1. The lowest BCUT2D eigenvalue weighted by molar-refractivity contribution is -0.125. The van der Waals surface area contributed by atoms with E-state index in [9.17, 15) is 14.4 Å². The molecule has 2 amide bonds. The monoisotopic (exact) mass is 374 g/mol. The highest BCUT2D eigenvalue weighted by atomic mass is 16.5. The van der Waals surface area contributed by atoms with Gasteiger partial charge >= 0.3 is 0 Å². The Morgan fingerprint density at radius 2 is 2.04 bits per heavy atom. The zero-order valence-corrected chi connectivity index (χ0v) is 16.5. The van der Waals surface area contributed by atoms with E-state index >= 15 is 0 Å². The number of aldehydes is 1. The summed E-state index contributed by atoms with van der Waals surface area (Å²) >= 11 is 0. The van der Waals surface area contributed by atoms with Gasteiger partial charge in [-0.05, 0) is 55.9 Å². The van der Waals surface area contributed by atoms with Gasteiger partial charge in [0.05, 0.1) is 6.10 Å². The first-order valence-electron chi connectivity index (χ1n) is 9.90. The molecule has 0 saturated heterocycles. The fourth-order valence-electron chi connectivity index (χ4n) is 3.66. The van der Waals surface area contributed by atoms with Crippen LogP contribution in [0.2, 0.25) is 0 Å². The Morgan fingerprint density at radius 1 is 1.33 bits per heavy atom. The fraction of sp³-hybridized carbons (Fsp3) is 0.571. The van der Waals surface area contributed by atoms with Crippen molar-refractivity contribution in [3.8, 4) is 5.75 Å². The van der Waals surface area contributed by atoms with Crippen molar-refractivity contribution >= 4 is 18.1 Å². The zero-order valence-electron chi connectivity index (χ0n) is 16.5. The van der Waals surface area contributed by atoms with E-state index in [4.69, 9.17) is 4.74 Å². The fourth-order valence-corrected chi connectivity index (χ4v) is 3.66. The molecule has 27 heavy (non-hydrogen) atoms. The molecule has 2 aliphatic rings. The highest BCUT2D eigenvalue weighted by Gasteiger charge is 2.36. The predicted molar refractivity (Wildman–Crippen MR) is 104 cm³/mol. The standard InChI is InChI=1S/C19H24N2O4.C2H6/c1-20-18(23)17(7-4-10-22)21-12-13-11-15(8-9-16(13)19(21)24)25-14-5-2-3-6-14;1-2/h8-11,14,17H,2-7,12H2,1H3,(H,20,23);1-2H3. The minimum Gasteiger partial charge on any atom is -0.490 e. The second kappa shape index (κ2) is 10.1. The first-order valence-corrected chi connectivity index (χ1v) is 9.90. The molecule has 0 spiro atoms. The van der Waals surface area contributed by atoms with Crippen LogP contribution in [0.15, 0.2) is 18.2 Å². The van der Waals surface area contributed by atoms with Crippen LogP contribution in [0, 0.1) is 0 Å². The van der Waals surface area contributed by atoms with E-state index in [1.807, 2.05) is 26.0 Å². The van der Waals surface area contributed by atoms with Crippen LogP contribution in [0.5, 0.6) is 5.75 Å². The molecule has 1 heterocycles. The molecular formula is C21H30N2O4. The van der Waals surface area contributed by atoms with Crippen LogP contribution in [0.3, 0.4) is 0 Å². The molecule has 1 fully saturated rings. The van der Waals surface area contributed by atoms with Crippen LogP contribution in [0.4, 0.5) is 0 Å². The van der Waals surface area contributed by atoms with Crippen molar-refractivity contribution in [1.29, 1.82) is 0 Å². The van der Waals surface area contributed by atoms with Gasteiger partial charge in [0.2, 0.25) is 5.91 Å². The van der Waals surface area contributed by atoms with Crippen LogP contribution in [0.25, 0.3) is 0 Å². The van der Waals surface area contributed by atoms with Crippen molar-refractivity contribution in [2.24, 2.45) is 0 Å². The molecule has 3 rings (SSSR count). The number of hydrogen-bond donors (Lipinski definition) is 1. The van der Waals surface area contributed by atoms with Crippen LogP contribution in [-0.4, -0.2) is 42.2 Å². The third kappa shape index (κ3) is 4.87. The van der Waals surface area contributed by atoms with E-state index in [-0.39, 0.29) is 24.3 Å². The van der Waals surface area contributed by atoms with Gasteiger partial charge in [0.25, 0.3) is 5.91 Å². The summed E-state index contributed by atoms with van der Waals surface area (Å²) in [7, 11) is 1.54. The minimum atomic E-state index is -0.630. The van der Waals surface area contributed by atoms with Crippen LogP contribution in [-0.2, 0) is 16.1 Å². The van der Waals surface area contributed by atoms with Crippen molar-refractivity contribution in [2.75, 3.05) is 7.05 Å². The number of likely N-dealkylation sites (N-methyl/N-ethyl adjacent to an activating group) is 1. The summed E-state index contributed by atoms with van der Waals surface area (Å²) in [6, 6.07) is 4.89. The Hall–Kier alpha value is -2.37. The average molecular weight is 374 g/mol. The number of hydrogen-bond acceptors (Lipinski definition) is 4. The topological polar surface area (TPSA) is 75.7 Å². The Kier molecular flexibility index (Phi) is 7.82. The molecule has 1 unspecified atom stereocenters. The van der Waals surface area contributed by atoms with Crippen molar-refractivity contribution in [2.45, 2.75) is 71.1 Å². The van der Waals surface area contributed by atoms with Crippen molar-refractivity contribution in [3.63, 3.8) is 0 Å². The zero-order chi connectivity index (χ0) is 19.8. The number of fused-ring (bicyclic) bond motifs is 1. The van der Waals surface area contributed by atoms with Gasteiger partial charge in [0.1, 0.15) is 18.1 Å². The van der Waals surface area contributed by atoms with Gasteiger partial charge < -0.3 is 19.7 Å². The van der Waals surface area contributed by atoms with E-state index in [1.165, 1.54) is 19.9 Å². The van der Waals surface area contributed by atoms with Gasteiger partial charge in [-0.1, -0.05) is 13.8 Å². The number of amides is 2. The van der Waals surface area contributed by atoms with Gasteiger partial charge in [-0.15, -0.1) is 0 Å². The maximum Gasteiger partial charge on any atom is 0.255 e. The molecule has 1 aromatic carbocycles. The van der Waals surface area contributed by atoms with Gasteiger partial charge in [-0.2, -0.15) is 0 Å². The molecule has 0 aromatic heterocycles. The van der Waals surface area contributed by atoms with Gasteiger partial charge in [0.15, 0.2) is 0 Å². The molecule has 0 radical (unpaired) electrons. The normalized spacial score (nSPS) is 17.0. The molecule has 6 heteroatoms. The highest BCUT2D eigenvalue weighted by Crippen LogP contribution is 2.31. The summed E-state index contributed by atoms with van der Waals surface area (Å²) in [5, 5.41) is 2.58. The molecular weight excluding hydrogens is 344 g/mol. The van der Waals surface area contributed by atoms with Crippen LogP contribution < -0.4 is 10.1 Å². The number of carbonyl (C=O) groups excluding carboxylic acids is 3. The molecule has 6 nitrogen and oxygen atoms in total. The molecule has 1 saturated carbocycles. The smallest absolute Gasteiger partial charge is 0.255 e. The van der Waals surface area contributed by atoms with Crippen LogP contribution >= 0.6 is 0 Å². The number of ether oxygens (including phenoxy) is 1. The summed E-state index contributed by atoms with van der Waals surface area (Å²) in [5.41, 5.74) is 1.49. The van der Waals surface area contributed by atoms with Gasteiger partial charge in [-0.25, -0.2) is 0 Å². The molecule has 1 N–H and O–H groups in total. The highest BCUT2D eigenvalue weighted by molar-refractivity contribution is 6.01. The number of nitrogens with one attached hydrogen (secondary N) is 1. The SMILES string of the molecule is CC.CNC(=O)C(CCC=O)N1Cc2cc(OC3CCCC3)ccc2C1=O. The summed E-state index contributed by atoms with van der Waals surface area (Å²) < 4.78 is 6.01. The Labute approximate surface area is 161 Å². The predicted octanol–water partition coefficient (Wildman–Crippen LogP) is 3.08. The van der Waals surface area contributed by atoms with Gasteiger partial charge in [-0.3, -0.25) is 9.59 Å². The summed E-state index contributed by atoms with van der Waals surface area (Å²) in [6.45, 7) is 4.37. The second-order valence-corrected chi connectivity index (χ2v) is 6.65. The second-order valence-electron chi connectivity index (χ2n) is 6.65. The largest absolute Gasteiger partial charge is 0.490 e. The Bertz CT molecular complexity index is 668.